The van der Waals surface area contributed by atoms with Crippen LogP contribution < -0.4 is 0 Å². The minimum atomic E-state index is 0.0999. The lowest BCUT2D eigenvalue weighted by Gasteiger charge is -2.04. The first-order chi connectivity index (χ1) is 9.65. The molecule has 0 atom stereocenters. The number of rotatable bonds is 6. The van der Waals surface area contributed by atoms with Crippen LogP contribution in [0.4, 0.5) is 0 Å². The van der Waals surface area contributed by atoms with Crippen molar-refractivity contribution >= 4 is 17.4 Å². The van der Waals surface area contributed by atoms with Crippen LogP contribution in [0.15, 0.2) is 24.4 Å². The molecule has 2 rings (SSSR count). The van der Waals surface area contributed by atoms with Gasteiger partial charge < -0.3 is 0 Å². The van der Waals surface area contributed by atoms with Crippen molar-refractivity contribution in [3.63, 3.8) is 0 Å². The Kier molecular flexibility index (Phi) is 4.90. The normalized spacial score (nSPS) is 10.8. The highest BCUT2D eigenvalue weighted by Gasteiger charge is 2.17. The van der Waals surface area contributed by atoms with Gasteiger partial charge >= 0.3 is 0 Å². The average molecular weight is 292 g/mol. The monoisotopic (exact) mass is 291 g/mol. The standard InChI is InChI=1S/C15H18ClN3O/c1-3-13-15(16)14(19(4-2)18-13)10-12(20)9-11-7-5-6-8-17-11/h5-8H,3-4,9-10H2,1-2H3. The quantitative estimate of drug-likeness (QED) is 0.822. The van der Waals surface area contributed by atoms with Crippen LogP contribution in [0.25, 0.3) is 0 Å². The third kappa shape index (κ3) is 3.25. The zero-order chi connectivity index (χ0) is 14.5. The van der Waals surface area contributed by atoms with Crippen molar-refractivity contribution in [1.29, 1.82) is 0 Å². The SMILES string of the molecule is CCc1nn(CC)c(CC(=O)Cc2ccccn2)c1Cl. The van der Waals surface area contributed by atoms with Gasteiger partial charge in [-0.1, -0.05) is 24.6 Å². The number of aryl methyl sites for hydroxylation is 2. The van der Waals surface area contributed by atoms with Gasteiger partial charge in [0.1, 0.15) is 5.78 Å². The maximum absolute atomic E-state index is 12.2. The second-order valence-electron chi connectivity index (χ2n) is 4.59. The molecule has 0 saturated heterocycles. The van der Waals surface area contributed by atoms with Crippen molar-refractivity contribution in [3.8, 4) is 0 Å². The number of hydrogen-bond donors (Lipinski definition) is 0. The maximum Gasteiger partial charge on any atom is 0.144 e. The zero-order valence-electron chi connectivity index (χ0n) is 11.8. The number of aromatic nitrogens is 3. The summed E-state index contributed by atoms with van der Waals surface area (Å²) in [6, 6.07) is 5.58. The Morgan fingerprint density at radius 2 is 2.10 bits per heavy atom. The van der Waals surface area contributed by atoms with Crippen LogP contribution in [0, 0.1) is 0 Å². The fourth-order valence-electron chi connectivity index (χ4n) is 2.14. The summed E-state index contributed by atoms with van der Waals surface area (Å²) in [5.41, 5.74) is 2.45. The molecule has 2 heterocycles. The molecule has 2 aromatic heterocycles. The van der Waals surface area contributed by atoms with Crippen LogP contribution >= 0.6 is 11.6 Å². The zero-order valence-corrected chi connectivity index (χ0v) is 12.5. The minimum absolute atomic E-state index is 0.0999. The average Bonchev–Trinajstić information content (AvgIpc) is 2.76. The first kappa shape index (κ1) is 14.7. The third-order valence-corrected chi connectivity index (χ3v) is 3.60. The largest absolute Gasteiger partial charge is 0.299 e. The first-order valence-corrected chi connectivity index (χ1v) is 7.19. The van der Waals surface area contributed by atoms with E-state index in [1.807, 2.05) is 36.7 Å². The summed E-state index contributed by atoms with van der Waals surface area (Å²) >= 11 is 6.30. The van der Waals surface area contributed by atoms with E-state index in [2.05, 4.69) is 10.1 Å². The molecule has 0 aromatic carbocycles. The van der Waals surface area contributed by atoms with E-state index in [-0.39, 0.29) is 5.78 Å². The molecule has 0 saturated carbocycles. The van der Waals surface area contributed by atoms with E-state index in [0.717, 1.165) is 23.5 Å². The number of nitrogens with zero attached hydrogens (tertiary/aromatic N) is 3. The van der Waals surface area contributed by atoms with Crippen LogP contribution in [0.5, 0.6) is 0 Å². The van der Waals surface area contributed by atoms with Crippen molar-refractivity contribution in [1.82, 2.24) is 14.8 Å². The minimum Gasteiger partial charge on any atom is -0.299 e. The molecule has 0 aliphatic rings. The second-order valence-corrected chi connectivity index (χ2v) is 4.97. The summed E-state index contributed by atoms with van der Waals surface area (Å²) in [6.07, 6.45) is 3.10. The molecule has 20 heavy (non-hydrogen) atoms. The molecule has 4 nitrogen and oxygen atoms in total. The second kappa shape index (κ2) is 6.66. The molecule has 0 unspecified atom stereocenters. The Labute approximate surface area is 123 Å². The fourth-order valence-corrected chi connectivity index (χ4v) is 2.48. The Morgan fingerprint density at radius 1 is 1.30 bits per heavy atom. The molecule has 2 aromatic rings. The van der Waals surface area contributed by atoms with Gasteiger partial charge in [0.05, 0.1) is 22.8 Å². The van der Waals surface area contributed by atoms with Gasteiger partial charge in [0.15, 0.2) is 0 Å². The number of Topliss-reactive ketones (excluding diaryl/α,β-unsaturated/α-hetero) is 1. The molecule has 0 spiro atoms. The first-order valence-electron chi connectivity index (χ1n) is 6.81. The molecule has 5 heteroatoms. The van der Waals surface area contributed by atoms with Crippen LogP contribution in [-0.4, -0.2) is 20.5 Å². The van der Waals surface area contributed by atoms with E-state index in [0.29, 0.717) is 24.4 Å². The van der Waals surface area contributed by atoms with E-state index in [1.54, 1.807) is 6.20 Å². The van der Waals surface area contributed by atoms with Gasteiger partial charge in [-0.2, -0.15) is 5.10 Å². The number of pyridine rings is 1. The predicted octanol–water partition coefficient (Wildman–Crippen LogP) is 2.87. The molecular formula is C15H18ClN3O. The number of hydrogen-bond acceptors (Lipinski definition) is 3. The van der Waals surface area contributed by atoms with Gasteiger partial charge in [-0.15, -0.1) is 0 Å². The molecule has 0 fully saturated rings. The summed E-state index contributed by atoms with van der Waals surface area (Å²) in [6.45, 7) is 4.72. The van der Waals surface area contributed by atoms with Crippen molar-refractivity contribution in [3.05, 3.63) is 46.5 Å². The molecule has 0 aliphatic carbocycles. The van der Waals surface area contributed by atoms with E-state index < -0.39 is 0 Å². The van der Waals surface area contributed by atoms with Gasteiger partial charge in [-0.25, -0.2) is 0 Å². The Bertz CT molecular complexity index is 593. The summed E-state index contributed by atoms with van der Waals surface area (Å²) < 4.78 is 1.82. The van der Waals surface area contributed by atoms with Crippen LogP contribution in [-0.2, 0) is 30.6 Å². The van der Waals surface area contributed by atoms with Crippen LogP contribution in [0.2, 0.25) is 5.02 Å². The summed E-state index contributed by atoms with van der Waals surface area (Å²) in [5.74, 6) is 0.0999. The topological polar surface area (TPSA) is 47.8 Å². The molecule has 0 bridgehead atoms. The van der Waals surface area contributed by atoms with Crippen LogP contribution in [0.1, 0.15) is 30.9 Å². The highest BCUT2D eigenvalue weighted by molar-refractivity contribution is 6.32. The molecule has 106 valence electrons. The van der Waals surface area contributed by atoms with E-state index >= 15 is 0 Å². The number of ketones is 1. The predicted molar refractivity (Wildman–Crippen MR) is 78.9 cm³/mol. The van der Waals surface area contributed by atoms with Crippen molar-refractivity contribution in [2.45, 2.75) is 39.7 Å². The van der Waals surface area contributed by atoms with E-state index in [1.165, 1.54) is 0 Å². The van der Waals surface area contributed by atoms with Crippen molar-refractivity contribution < 1.29 is 4.79 Å². The maximum atomic E-state index is 12.2. The molecule has 0 aliphatic heterocycles. The Hall–Kier alpha value is -1.68. The molecule has 0 radical (unpaired) electrons. The van der Waals surface area contributed by atoms with Gasteiger partial charge in [-0.05, 0) is 25.5 Å². The Morgan fingerprint density at radius 3 is 2.70 bits per heavy atom. The summed E-state index contributed by atoms with van der Waals surface area (Å²) in [5, 5.41) is 5.05. The summed E-state index contributed by atoms with van der Waals surface area (Å²) in [7, 11) is 0. The van der Waals surface area contributed by atoms with Crippen molar-refractivity contribution in [2.24, 2.45) is 0 Å². The van der Waals surface area contributed by atoms with Crippen molar-refractivity contribution in [2.75, 3.05) is 0 Å². The molecule has 0 N–H and O–H groups in total. The highest BCUT2D eigenvalue weighted by Crippen LogP contribution is 2.22. The van der Waals surface area contributed by atoms with Gasteiger partial charge in [0.25, 0.3) is 0 Å². The number of halogens is 1. The molecular weight excluding hydrogens is 274 g/mol. The number of carbonyl (C=O) groups excluding carboxylic acids is 1. The smallest absolute Gasteiger partial charge is 0.144 e. The number of carbonyl (C=O) groups is 1. The van der Waals surface area contributed by atoms with Gasteiger partial charge in [0.2, 0.25) is 0 Å². The van der Waals surface area contributed by atoms with E-state index in [4.69, 9.17) is 11.6 Å². The summed E-state index contributed by atoms with van der Waals surface area (Å²) in [4.78, 5) is 16.3. The Balaban J connectivity index is 2.13. The lowest BCUT2D eigenvalue weighted by Crippen LogP contribution is -2.12. The lowest BCUT2D eigenvalue weighted by molar-refractivity contribution is -0.117. The van der Waals surface area contributed by atoms with Gasteiger partial charge in [-0.3, -0.25) is 14.5 Å². The molecule has 0 amide bonds. The third-order valence-electron chi connectivity index (χ3n) is 3.16. The lowest BCUT2D eigenvalue weighted by atomic mass is 10.1. The highest BCUT2D eigenvalue weighted by atomic mass is 35.5. The van der Waals surface area contributed by atoms with Gasteiger partial charge in [0, 0.05) is 24.9 Å². The van der Waals surface area contributed by atoms with Crippen LogP contribution in [0.3, 0.4) is 0 Å². The fraction of sp³-hybridized carbons (Fsp3) is 0.400. The van der Waals surface area contributed by atoms with E-state index in [9.17, 15) is 4.79 Å².